The zero-order chi connectivity index (χ0) is 16.5. The number of hydrogen-bond acceptors (Lipinski definition) is 4. The number of ether oxygens (including phenoxy) is 4. The van der Waals surface area contributed by atoms with Crippen molar-refractivity contribution >= 4 is 37.7 Å². The van der Waals surface area contributed by atoms with Crippen molar-refractivity contribution in [2.75, 3.05) is 0 Å². The monoisotopic (exact) mass is 360 g/mol. The fourth-order valence-corrected chi connectivity index (χ4v) is 5.55. The molecule has 3 rings (SSSR count). The minimum Gasteiger partial charge on any atom is -0.449 e. The van der Waals surface area contributed by atoms with E-state index >= 15 is 0 Å². The van der Waals surface area contributed by atoms with E-state index in [9.17, 15) is 0 Å². The van der Waals surface area contributed by atoms with Gasteiger partial charge >= 0.3 is 0 Å². The van der Waals surface area contributed by atoms with Gasteiger partial charge in [-0.1, -0.05) is 30.9 Å². The molecule has 4 nitrogen and oxygen atoms in total. The quantitative estimate of drug-likeness (QED) is 0.595. The first-order chi connectivity index (χ1) is 9.95. The third kappa shape index (κ3) is 2.47. The number of halogens is 1. The van der Waals surface area contributed by atoms with Gasteiger partial charge in [0, 0.05) is 40.8 Å². The molecule has 1 atom stereocenters. The minimum absolute atomic E-state index is 0.0236. The first-order valence-electron chi connectivity index (χ1n) is 7.32. The van der Waals surface area contributed by atoms with Gasteiger partial charge < -0.3 is 18.9 Å². The summed E-state index contributed by atoms with van der Waals surface area (Å²) in [5.41, 5.74) is 0. The lowest BCUT2D eigenvalue weighted by atomic mass is 10.2. The normalized spacial score (nSPS) is 20.9. The molecule has 0 saturated heterocycles. The van der Waals surface area contributed by atoms with E-state index in [0.717, 1.165) is 33.5 Å². The number of hydrogen-bond donors (Lipinski definition) is 0. The molecule has 2 heterocycles. The fourth-order valence-electron chi connectivity index (χ4n) is 2.84. The Hall–Kier alpha value is -0.643. The summed E-state index contributed by atoms with van der Waals surface area (Å²) < 4.78 is 24.3. The van der Waals surface area contributed by atoms with Crippen LogP contribution in [-0.4, -0.2) is 19.6 Å². The maximum absolute atomic E-state index is 6.22. The molecule has 0 radical (unpaired) electrons. The second kappa shape index (κ2) is 4.68. The van der Waals surface area contributed by atoms with Crippen LogP contribution in [0.15, 0.2) is 0 Å². The lowest BCUT2D eigenvalue weighted by Gasteiger charge is -2.23. The van der Waals surface area contributed by atoms with Gasteiger partial charge in [-0.05, 0) is 0 Å². The molecule has 0 N–H and O–H groups in total. The van der Waals surface area contributed by atoms with Crippen molar-refractivity contribution in [3.8, 4) is 23.0 Å². The van der Waals surface area contributed by atoms with Crippen molar-refractivity contribution in [3.05, 3.63) is 0 Å². The average Bonchev–Trinajstić information content (AvgIpc) is 2.77. The van der Waals surface area contributed by atoms with Crippen molar-refractivity contribution in [1.82, 2.24) is 0 Å². The third-order valence-corrected chi connectivity index (χ3v) is 6.72. The highest BCUT2D eigenvalue weighted by atomic mass is 35.7. The van der Waals surface area contributed by atoms with Gasteiger partial charge in [0.25, 0.3) is 0 Å². The Morgan fingerprint density at radius 1 is 0.773 bits per heavy atom. The van der Waals surface area contributed by atoms with Crippen LogP contribution in [0.1, 0.15) is 27.7 Å². The largest absolute Gasteiger partial charge is 0.449 e. The summed E-state index contributed by atoms with van der Waals surface area (Å²) in [6.07, 6.45) is 0. The van der Waals surface area contributed by atoms with Crippen LogP contribution < -0.4 is 29.4 Å². The summed E-state index contributed by atoms with van der Waals surface area (Å²) in [5.74, 6) is 1.60. The first-order valence-corrected chi connectivity index (χ1v) is 12.8. The zero-order valence-electron chi connectivity index (χ0n) is 14.0. The number of fused-ring (bicyclic) bond motifs is 2. The Morgan fingerprint density at radius 3 is 1.45 bits per heavy atom. The number of rotatable bonds is 2. The van der Waals surface area contributed by atoms with E-state index in [-0.39, 0.29) is 7.93 Å². The van der Waals surface area contributed by atoms with Crippen molar-refractivity contribution < 1.29 is 18.9 Å². The van der Waals surface area contributed by atoms with Crippen molar-refractivity contribution in [2.45, 2.75) is 58.9 Å². The molecule has 2 aliphatic rings. The summed E-state index contributed by atoms with van der Waals surface area (Å²) >= 11 is 6.22. The predicted molar refractivity (Wildman–Crippen MR) is 93.9 cm³/mol. The molecule has 0 fully saturated rings. The van der Waals surface area contributed by atoms with Gasteiger partial charge in [0.2, 0.25) is 11.6 Å². The van der Waals surface area contributed by atoms with E-state index in [1.54, 1.807) is 0 Å². The minimum atomic E-state index is -1.76. The van der Waals surface area contributed by atoms with Gasteiger partial charge in [0.15, 0.2) is 23.0 Å². The molecule has 1 aromatic carbocycles. The van der Waals surface area contributed by atoms with Gasteiger partial charge in [0.1, 0.15) is 0 Å². The van der Waals surface area contributed by atoms with Gasteiger partial charge in [0.05, 0.1) is 13.4 Å². The van der Waals surface area contributed by atoms with E-state index in [4.69, 9.17) is 30.2 Å². The van der Waals surface area contributed by atoms with Gasteiger partial charge in [-0.25, -0.2) is 0 Å². The highest BCUT2D eigenvalue weighted by molar-refractivity contribution is 7.75. The predicted octanol–water partition coefficient (Wildman–Crippen LogP) is 3.70. The third-order valence-electron chi connectivity index (χ3n) is 3.56. The second-order valence-corrected chi connectivity index (χ2v) is 13.9. The fraction of sp³-hybridized carbons (Fsp3) is 0.600. The molecule has 0 amide bonds. The highest BCUT2D eigenvalue weighted by Crippen LogP contribution is 2.51. The van der Waals surface area contributed by atoms with E-state index in [1.165, 1.54) is 0 Å². The van der Waals surface area contributed by atoms with Gasteiger partial charge in [-0.2, -0.15) is 0 Å². The van der Waals surface area contributed by atoms with Crippen molar-refractivity contribution in [1.29, 1.82) is 0 Å². The Bertz CT molecular complexity index is 607. The first kappa shape index (κ1) is 16.2. The Kier molecular flexibility index (Phi) is 3.45. The molecule has 2 aliphatic heterocycles. The van der Waals surface area contributed by atoms with Crippen LogP contribution in [0.2, 0.25) is 19.6 Å². The Balaban J connectivity index is 2.33. The lowest BCUT2D eigenvalue weighted by molar-refractivity contribution is -0.0465. The second-order valence-electron chi connectivity index (χ2n) is 7.62. The van der Waals surface area contributed by atoms with E-state index < -0.39 is 19.6 Å². The zero-order valence-corrected chi connectivity index (χ0v) is 16.8. The SMILES string of the molecule is CC1(C)Oc2c(c([Si](C)(C)C)c3c(c2PCl)OC(C)(C)O3)O1. The van der Waals surface area contributed by atoms with E-state index in [1.807, 2.05) is 27.7 Å². The Labute approximate surface area is 139 Å². The van der Waals surface area contributed by atoms with E-state index in [2.05, 4.69) is 19.6 Å². The molecule has 1 unspecified atom stereocenters. The summed E-state index contributed by atoms with van der Waals surface area (Å²) in [7, 11) is -1.73. The van der Waals surface area contributed by atoms with Crippen LogP contribution >= 0.6 is 19.2 Å². The average molecular weight is 361 g/mol. The maximum Gasteiger partial charge on any atom is 0.246 e. The van der Waals surface area contributed by atoms with Crippen LogP contribution in [0.5, 0.6) is 23.0 Å². The summed E-state index contributed by atoms with van der Waals surface area (Å²) in [4.78, 5) is 0. The van der Waals surface area contributed by atoms with Gasteiger partial charge in [-0.3, -0.25) is 0 Å². The maximum atomic E-state index is 6.22. The summed E-state index contributed by atoms with van der Waals surface area (Å²) in [5, 5.41) is 1.94. The standard InChI is InChI=1S/C15H22ClO4PSi/c1-14(2)17-8-10(19-14)13(22(5,6)7)11-9(12(8)21-16)18-15(3,4)20-11/h21H,1-7H3. The van der Waals surface area contributed by atoms with Crippen LogP contribution in [-0.2, 0) is 0 Å². The van der Waals surface area contributed by atoms with Crippen LogP contribution in [0.4, 0.5) is 0 Å². The van der Waals surface area contributed by atoms with Crippen LogP contribution in [0.3, 0.4) is 0 Å². The smallest absolute Gasteiger partial charge is 0.246 e. The molecule has 1 aromatic rings. The van der Waals surface area contributed by atoms with Gasteiger partial charge in [-0.15, -0.1) is 0 Å². The molecule has 0 aromatic heterocycles. The summed E-state index contributed by atoms with van der Waals surface area (Å²) in [6, 6.07) is 0. The Morgan fingerprint density at radius 2 is 1.14 bits per heavy atom. The molecule has 22 heavy (non-hydrogen) atoms. The van der Waals surface area contributed by atoms with Crippen LogP contribution in [0, 0.1) is 0 Å². The molecule has 0 spiro atoms. The molecule has 122 valence electrons. The lowest BCUT2D eigenvalue weighted by Crippen LogP contribution is -2.41. The molecular formula is C15H22ClO4PSi. The van der Waals surface area contributed by atoms with E-state index in [0.29, 0.717) is 0 Å². The van der Waals surface area contributed by atoms with Crippen molar-refractivity contribution in [2.24, 2.45) is 0 Å². The molecule has 0 saturated carbocycles. The summed E-state index contributed by atoms with van der Waals surface area (Å²) in [6.45, 7) is 14.4. The highest BCUT2D eigenvalue weighted by Gasteiger charge is 2.47. The van der Waals surface area contributed by atoms with Crippen LogP contribution in [0.25, 0.3) is 0 Å². The number of benzene rings is 1. The van der Waals surface area contributed by atoms with Crippen molar-refractivity contribution in [3.63, 3.8) is 0 Å². The molecule has 7 heteroatoms. The topological polar surface area (TPSA) is 36.9 Å². The molecule has 0 bridgehead atoms. The molecule has 0 aliphatic carbocycles. The molecular weight excluding hydrogens is 339 g/mol.